The summed E-state index contributed by atoms with van der Waals surface area (Å²) in [5, 5.41) is 0. The largest absolute Gasteiger partial charge is 0.341 e. The highest BCUT2D eigenvalue weighted by molar-refractivity contribution is 5.92. The number of piperidine rings is 2. The maximum absolute atomic E-state index is 12.7. The van der Waals surface area contributed by atoms with Crippen molar-refractivity contribution in [3.63, 3.8) is 0 Å². The zero-order valence-corrected chi connectivity index (χ0v) is 13.7. The Kier molecular flexibility index (Phi) is 4.60. The molecule has 5 nitrogen and oxygen atoms in total. The van der Waals surface area contributed by atoms with Gasteiger partial charge in [0.2, 0.25) is 5.95 Å². The summed E-state index contributed by atoms with van der Waals surface area (Å²) < 4.78 is 0. The summed E-state index contributed by atoms with van der Waals surface area (Å²) in [6.45, 7) is 7.91. The number of aryl methyl sites for hydroxylation is 1. The van der Waals surface area contributed by atoms with Crippen LogP contribution in [0.3, 0.4) is 0 Å². The van der Waals surface area contributed by atoms with Crippen LogP contribution in [0.5, 0.6) is 0 Å². The summed E-state index contributed by atoms with van der Waals surface area (Å²) in [5.74, 6) is 1.46. The minimum absolute atomic E-state index is 0.0662. The third-order valence-corrected chi connectivity index (χ3v) is 4.64. The van der Waals surface area contributed by atoms with E-state index < -0.39 is 0 Å². The standard InChI is InChI=1S/C17H26N4O/c1-13-7-6-10-21(12-13)17-18-14(2)11-15(19-17)16(22)20-8-4-3-5-9-20/h11,13H,3-10,12H2,1-2H3. The maximum atomic E-state index is 12.7. The van der Waals surface area contributed by atoms with E-state index in [0.717, 1.165) is 50.7 Å². The molecule has 0 radical (unpaired) electrons. The second kappa shape index (κ2) is 6.63. The molecular formula is C17H26N4O. The average Bonchev–Trinajstić information content (AvgIpc) is 2.54. The first-order valence-electron chi connectivity index (χ1n) is 8.53. The molecule has 120 valence electrons. The van der Waals surface area contributed by atoms with Gasteiger partial charge in [0.25, 0.3) is 5.91 Å². The summed E-state index contributed by atoms with van der Waals surface area (Å²) in [6, 6.07) is 1.83. The zero-order valence-electron chi connectivity index (χ0n) is 13.7. The minimum Gasteiger partial charge on any atom is -0.341 e. The highest BCUT2D eigenvalue weighted by Crippen LogP contribution is 2.21. The van der Waals surface area contributed by atoms with E-state index in [2.05, 4.69) is 21.8 Å². The Labute approximate surface area is 132 Å². The van der Waals surface area contributed by atoms with Crippen LogP contribution in [0.2, 0.25) is 0 Å². The van der Waals surface area contributed by atoms with Gasteiger partial charge in [0.1, 0.15) is 5.69 Å². The van der Waals surface area contributed by atoms with Crippen molar-refractivity contribution < 1.29 is 4.79 Å². The van der Waals surface area contributed by atoms with Gasteiger partial charge in [0, 0.05) is 31.9 Å². The highest BCUT2D eigenvalue weighted by atomic mass is 16.2. The molecule has 1 aromatic heterocycles. The van der Waals surface area contributed by atoms with Gasteiger partial charge in [0.05, 0.1) is 0 Å². The fraction of sp³-hybridized carbons (Fsp3) is 0.706. The van der Waals surface area contributed by atoms with E-state index in [1.54, 1.807) is 0 Å². The maximum Gasteiger partial charge on any atom is 0.272 e. The van der Waals surface area contributed by atoms with E-state index in [0.29, 0.717) is 11.6 Å². The molecule has 1 atom stereocenters. The van der Waals surface area contributed by atoms with Gasteiger partial charge in [-0.25, -0.2) is 9.97 Å². The second-order valence-electron chi connectivity index (χ2n) is 6.74. The smallest absolute Gasteiger partial charge is 0.272 e. The van der Waals surface area contributed by atoms with Crippen LogP contribution in [0.25, 0.3) is 0 Å². The number of aromatic nitrogens is 2. The summed E-state index contributed by atoms with van der Waals surface area (Å²) in [5.41, 5.74) is 1.44. The zero-order chi connectivity index (χ0) is 15.5. The van der Waals surface area contributed by atoms with Crippen molar-refractivity contribution >= 4 is 11.9 Å². The van der Waals surface area contributed by atoms with E-state index in [1.807, 2.05) is 17.9 Å². The average molecular weight is 302 g/mol. The van der Waals surface area contributed by atoms with Crippen LogP contribution in [-0.4, -0.2) is 47.0 Å². The SMILES string of the molecule is Cc1cc(C(=O)N2CCCCC2)nc(N2CCCC(C)C2)n1. The fourth-order valence-electron chi connectivity index (χ4n) is 3.43. The van der Waals surface area contributed by atoms with Crippen LogP contribution in [0.1, 0.15) is 55.2 Å². The molecule has 22 heavy (non-hydrogen) atoms. The third-order valence-electron chi connectivity index (χ3n) is 4.64. The van der Waals surface area contributed by atoms with Crippen molar-refractivity contribution in [1.82, 2.24) is 14.9 Å². The first-order valence-corrected chi connectivity index (χ1v) is 8.53. The highest BCUT2D eigenvalue weighted by Gasteiger charge is 2.23. The number of amides is 1. The molecule has 2 fully saturated rings. The number of nitrogens with zero attached hydrogens (tertiary/aromatic N) is 4. The Morgan fingerprint density at radius 2 is 1.91 bits per heavy atom. The summed E-state index contributed by atoms with van der Waals surface area (Å²) in [4.78, 5) is 26.0. The summed E-state index contributed by atoms with van der Waals surface area (Å²) in [7, 11) is 0. The quantitative estimate of drug-likeness (QED) is 0.842. The molecule has 0 N–H and O–H groups in total. The molecule has 0 bridgehead atoms. The summed E-state index contributed by atoms with van der Waals surface area (Å²) in [6.07, 6.45) is 5.87. The predicted molar refractivity (Wildman–Crippen MR) is 87.1 cm³/mol. The Morgan fingerprint density at radius 1 is 1.14 bits per heavy atom. The first-order chi connectivity index (χ1) is 10.6. The molecule has 0 aromatic carbocycles. The van der Waals surface area contributed by atoms with Gasteiger partial charge < -0.3 is 9.80 Å². The lowest BCUT2D eigenvalue weighted by Gasteiger charge is -2.31. The normalized spacial score (nSPS) is 22.7. The molecule has 2 aliphatic rings. The van der Waals surface area contributed by atoms with Crippen molar-refractivity contribution in [1.29, 1.82) is 0 Å². The lowest BCUT2D eigenvalue weighted by molar-refractivity contribution is 0.0718. The topological polar surface area (TPSA) is 49.3 Å². The monoisotopic (exact) mass is 302 g/mol. The van der Waals surface area contributed by atoms with Crippen LogP contribution in [0, 0.1) is 12.8 Å². The van der Waals surface area contributed by atoms with Gasteiger partial charge in [-0.1, -0.05) is 6.92 Å². The third kappa shape index (κ3) is 3.39. The fourth-order valence-corrected chi connectivity index (χ4v) is 3.43. The van der Waals surface area contributed by atoms with E-state index in [4.69, 9.17) is 0 Å². The van der Waals surface area contributed by atoms with Crippen molar-refractivity contribution in [3.05, 3.63) is 17.5 Å². The lowest BCUT2D eigenvalue weighted by atomic mass is 10.0. The molecule has 1 unspecified atom stereocenters. The van der Waals surface area contributed by atoms with Crippen molar-refractivity contribution in [2.75, 3.05) is 31.1 Å². The molecule has 2 aliphatic heterocycles. The lowest BCUT2D eigenvalue weighted by Crippen LogP contribution is -2.38. The van der Waals surface area contributed by atoms with Crippen LogP contribution < -0.4 is 4.90 Å². The number of hydrogen-bond acceptors (Lipinski definition) is 4. The van der Waals surface area contributed by atoms with Gasteiger partial charge in [-0.3, -0.25) is 4.79 Å². The number of carbonyl (C=O) groups excluding carboxylic acids is 1. The molecule has 1 amide bonds. The van der Waals surface area contributed by atoms with Gasteiger partial charge in [-0.2, -0.15) is 0 Å². The number of likely N-dealkylation sites (tertiary alicyclic amines) is 1. The number of rotatable bonds is 2. The van der Waals surface area contributed by atoms with E-state index in [9.17, 15) is 4.79 Å². The molecule has 0 saturated carbocycles. The second-order valence-corrected chi connectivity index (χ2v) is 6.74. The Hall–Kier alpha value is -1.65. The van der Waals surface area contributed by atoms with E-state index >= 15 is 0 Å². The van der Waals surface area contributed by atoms with E-state index in [1.165, 1.54) is 19.3 Å². The molecule has 3 heterocycles. The Morgan fingerprint density at radius 3 is 2.64 bits per heavy atom. The number of anilines is 1. The number of hydrogen-bond donors (Lipinski definition) is 0. The number of carbonyl (C=O) groups is 1. The Bertz CT molecular complexity index is 539. The van der Waals surface area contributed by atoms with Crippen LogP contribution >= 0.6 is 0 Å². The van der Waals surface area contributed by atoms with Crippen molar-refractivity contribution in [2.24, 2.45) is 5.92 Å². The molecular weight excluding hydrogens is 276 g/mol. The molecule has 5 heteroatoms. The van der Waals surface area contributed by atoms with E-state index in [-0.39, 0.29) is 5.91 Å². The molecule has 3 rings (SSSR count). The van der Waals surface area contributed by atoms with Gasteiger partial charge >= 0.3 is 0 Å². The van der Waals surface area contributed by atoms with Gasteiger partial charge in [0.15, 0.2) is 0 Å². The first kappa shape index (κ1) is 15.3. The molecule has 1 aromatic rings. The molecule has 0 spiro atoms. The Balaban J connectivity index is 1.81. The summed E-state index contributed by atoms with van der Waals surface area (Å²) >= 11 is 0. The van der Waals surface area contributed by atoms with Crippen LogP contribution in [0.15, 0.2) is 6.07 Å². The molecule has 0 aliphatic carbocycles. The predicted octanol–water partition coefficient (Wildman–Crippen LogP) is 2.65. The van der Waals surface area contributed by atoms with Crippen LogP contribution in [-0.2, 0) is 0 Å². The molecule has 2 saturated heterocycles. The van der Waals surface area contributed by atoms with Crippen molar-refractivity contribution in [2.45, 2.75) is 46.0 Å². The van der Waals surface area contributed by atoms with Crippen molar-refractivity contribution in [3.8, 4) is 0 Å². The minimum atomic E-state index is 0.0662. The van der Waals surface area contributed by atoms with Gasteiger partial charge in [-0.15, -0.1) is 0 Å². The van der Waals surface area contributed by atoms with Gasteiger partial charge in [-0.05, 0) is 51.0 Å². The van der Waals surface area contributed by atoms with Crippen LogP contribution in [0.4, 0.5) is 5.95 Å².